The molecule has 1 amide bonds. The lowest BCUT2D eigenvalue weighted by Crippen LogP contribution is -2.45. The summed E-state index contributed by atoms with van der Waals surface area (Å²) in [4.78, 5) is 24.4. The van der Waals surface area contributed by atoms with Gasteiger partial charge in [0.25, 0.3) is 0 Å². The molecule has 1 saturated heterocycles. The largest absolute Gasteiger partial charge is 0.481 e. The van der Waals surface area contributed by atoms with Crippen molar-refractivity contribution in [2.24, 2.45) is 23.5 Å². The van der Waals surface area contributed by atoms with Gasteiger partial charge in [-0.15, -0.1) is 0 Å². The molecule has 0 spiro atoms. The van der Waals surface area contributed by atoms with Crippen LogP contribution >= 0.6 is 0 Å². The van der Waals surface area contributed by atoms with Gasteiger partial charge in [-0.2, -0.15) is 0 Å². The fourth-order valence-electron chi connectivity index (χ4n) is 1.96. The Bertz CT molecular complexity index is 291. The highest BCUT2D eigenvalue weighted by Crippen LogP contribution is 2.24. The minimum absolute atomic E-state index is 0.000752. The van der Waals surface area contributed by atoms with Crippen LogP contribution in [0.15, 0.2) is 0 Å². The number of hydrogen-bond acceptors (Lipinski definition) is 3. The van der Waals surface area contributed by atoms with E-state index in [1.54, 1.807) is 4.90 Å². The van der Waals surface area contributed by atoms with Crippen LogP contribution in [-0.2, 0) is 9.59 Å². The average molecular weight is 228 g/mol. The first-order chi connectivity index (χ1) is 7.34. The van der Waals surface area contributed by atoms with Crippen molar-refractivity contribution in [3.05, 3.63) is 0 Å². The highest BCUT2D eigenvalue weighted by molar-refractivity contribution is 5.83. The number of nitrogens with zero attached hydrogens (tertiary/aromatic N) is 1. The lowest BCUT2D eigenvalue weighted by molar-refractivity contribution is -0.142. The number of carboxylic acid groups (broad SMARTS) is 1. The molecule has 1 heterocycles. The molecular weight excluding hydrogens is 208 g/mol. The third-order valence-corrected chi connectivity index (χ3v) is 3.24. The molecule has 16 heavy (non-hydrogen) atoms. The van der Waals surface area contributed by atoms with Gasteiger partial charge in [-0.1, -0.05) is 20.8 Å². The molecule has 5 heteroatoms. The van der Waals surface area contributed by atoms with E-state index in [2.05, 4.69) is 0 Å². The van der Waals surface area contributed by atoms with Gasteiger partial charge in [-0.25, -0.2) is 0 Å². The Morgan fingerprint density at radius 1 is 1.38 bits per heavy atom. The normalized spacial score (nSPS) is 27.2. The van der Waals surface area contributed by atoms with Crippen LogP contribution in [0.4, 0.5) is 0 Å². The smallest absolute Gasteiger partial charge is 0.308 e. The van der Waals surface area contributed by atoms with Crippen molar-refractivity contribution in [2.45, 2.75) is 26.8 Å². The van der Waals surface area contributed by atoms with Crippen LogP contribution in [0, 0.1) is 17.8 Å². The van der Waals surface area contributed by atoms with Crippen LogP contribution in [0.3, 0.4) is 0 Å². The summed E-state index contributed by atoms with van der Waals surface area (Å²) in [5.74, 6) is -1.35. The number of carbonyl (C=O) groups is 2. The molecule has 92 valence electrons. The number of rotatable bonds is 3. The summed E-state index contributed by atoms with van der Waals surface area (Å²) in [6, 6.07) is -0.528. The molecule has 0 aromatic heterocycles. The standard InChI is InChI=1S/C11H20N2O3/c1-6(2)9(12)10(14)13-4-7(3)8(5-13)11(15)16/h6-9H,4-5,12H2,1-3H3,(H,15,16)/t7?,8?,9-/m0/s1. The second-order valence-corrected chi connectivity index (χ2v) is 4.94. The van der Waals surface area contributed by atoms with Crippen LogP contribution in [0.2, 0.25) is 0 Å². The van der Waals surface area contributed by atoms with Gasteiger partial charge in [-0.3, -0.25) is 9.59 Å². The minimum atomic E-state index is -0.832. The van der Waals surface area contributed by atoms with E-state index in [-0.39, 0.29) is 24.3 Å². The lowest BCUT2D eigenvalue weighted by atomic mass is 9.99. The zero-order valence-electron chi connectivity index (χ0n) is 10.0. The number of nitrogens with two attached hydrogens (primary N) is 1. The first kappa shape index (κ1) is 13.0. The van der Waals surface area contributed by atoms with Crippen LogP contribution in [0.5, 0.6) is 0 Å². The Morgan fingerprint density at radius 3 is 2.31 bits per heavy atom. The van der Waals surface area contributed by atoms with Gasteiger partial charge in [0.05, 0.1) is 12.0 Å². The van der Waals surface area contributed by atoms with E-state index in [1.807, 2.05) is 20.8 Å². The third-order valence-electron chi connectivity index (χ3n) is 3.24. The number of carbonyl (C=O) groups excluding carboxylic acids is 1. The molecule has 1 aliphatic rings. The van der Waals surface area contributed by atoms with Crippen LogP contribution in [0.1, 0.15) is 20.8 Å². The molecule has 1 rings (SSSR count). The summed E-state index contributed by atoms with van der Waals surface area (Å²) in [6.07, 6.45) is 0. The maximum atomic E-state index is 11.9. The van der Waals surface area contributed by atoms with Gasteiger partial charge in [0, 0.05) is 13.1 Å². The van der Waals surface area contributed by atoms with E-state index in [0.29, 0.717) is 6.54 Å². The molecule has 2 unspecified atom stereocenters. The summed E-state index contributed by atoms with van der Waals surface area (Å²) in [5.41, 5.74) is 5.77. The maximum Gasteiger partial charge on any atom is 0.308 e. The second-order valence-electron chi connectivity index (χ2n) is 4.94. The van der Waals surface area contributed by atoms with Crippen LogP contribution < -0.4 is 5.73 Å². The van der Waals surface area contributed by atoms with Crippen molar-refractivity contribution in [1.29, 1.82) is 0 Å². The van der Waals surface area contributed by atoms with Crippen LogP contribution in [-0.4, -0.2) is 41.0 Å². The quantitative estimate of drug-likeness (QED) is 0.720. The van der Waals surface area contributed by atoms with Gasteiger partial charge in [-0.05, 0) is 11.8 Å². The molecule has 5 nitrogen and oxygen atoms in total. The Labute approximate surface area is 95.6 Å². The Kier molecular flexibility index (Phi) is 3.91. The number of aliphatic carboxylic acids is 1. The Hall–Kier alpha value is -1.10. The van der Waals surface area contributed by atoms with E-state index in [9.17, 15) is 9.59 Å². The van der Waals surface area contributed by atoms with Gasteiger partial charge in [0.15, 0.2) is 0 Å². The summed E-state index contributed by atoms with van der Waals surface area (Å²) in [5, 5.41) is 8.96. The SMILES string of the molecule is CC1CN(C(=O)[C@@H](N)C(C)C)CC1C(=O)O. The predicted octanol–water partition coefficient (Wildman–Crippen LogP) is 0.149. The van der Waals surface area contributed by atoms with Gasteiger partial charge < -0.3 is 15.7 Å². The average Bonchev–Trinajstić information content (AvgIpc) is 2.58. The first-order valence-electron chi connectivity index (χ1n) is 5.61. The van der Waals surface area contributed by atoms with Crippen molar-refractivity contribution in [3.63, 3.8) is 0 Å². The number of hydrogen-bond donors (Lipinski definition) is 2. The van der Waals surface area contributed by atoms with Crippen LogP contribution in [0.25, 0.3) is 0 Å². The van der Waals surface area contributed by atoms with E-state index in [1.165, 1.54) is 0 Å². The minimum Gasteiger partial charge on any atom is -0.481 e. The molecule has 0 aliphatic carbocycles. The van der Waals surface area contributed by atoms with E-state index < -0.39 is 17.9 Å². The molecule has 3 N–H and O–H groups in total. The second kappa shape index (κ2) is 4.82. The molecule has 0 aromatic carbocycles. The van der Waals surface area contributed by atoms with Crippen molar-refractivity contribution in [3.8, 4) is 0 Å². The van der Waals surface area contributed by atoms with Gasteiger partial charge in [0.2, 0.25) is 5.91 Å². The molecule has 0 bridgehead atoms. The first-order valence-corrected chi connectivity index (χ1v) is 5.61. The summed E-state index contributed by atoms with van der Waals surface area (Å²) in [7, 11) is 0. The maximum absolute atomic E-state index is 11.9. The topological polar surface area (TPSA) is 83.6 Å². The van der Waals surface area contributed by atoms with E-state index >= 15 is 0 Å². The molecular formula is C11H20N2O3. The van der Waals surface area contributed by atoms with Crippen molar-refractivity contribution in [2.75, 3.05) is 13.1 Å². The van der Waals surface area contributed by atoms with Crippen molar-refractivity contribution >= 4 is 11.9 Å². The lowest BCUT2D eigenvalue weighted by Gasteiger charge is -2.22. The Balaban J connectivity index is 2.65. The van der Waals surface area contributed by atoms with Gasteiger partial charge >= 0.3 is 5.97 Å². The Morgan fingerprint density at radius 2 is 1.94 bits per heavy atom. The predicted molar refractivity (Wildman–Crippen MR) is 59.7 cm³/mol. The van der Waals surface area contributed by atoms with E-state index in [4.69, 9.17) is 10.8 Å². The molecule has 1 aliphatic heterocycles. The third kappa shape index (κ3) is 2.52. The fourth-order valence-corrected chi connectivity index (χ4v) is 1.96. The molecule has 0 aromatic rings. The zero-order valence-corrected chi connectivity index (χ0v) is 10.0. The summed E-state index contributed by atoms with van der Waals surface area (Å²) >= 11 is 0. The summed E-state index contributed by atoms with van der Waals surface area (Å²) in [6.45, 7) is 6.41. The summed E-state index contributed by atoms with van der Waals surface area (Å²) < 4.78 is 0. The van der Waals surface area contributed by atoms with E-state index in [0.717, 1.165) is 0 Å². The number of likely N-dealkylation sites (tertiary alicyclic amines) is 1. The van der Waals surface area contributed by atoms with Crippen molar-refractivity contribution < 1.29 is 14.7 Å². The highest BCUT2D eigenvalue weighted by Gasteiger charge is 2.38. The highest BCUT2D eigenvalue weighted by atomic mass is 16.4. The molecule has 0 radical (unpaired) electrons. The molecule has 1 fully saturated rings. The van der Waals surface area contributed by atoms with Gasteiger partial charge in [0.1, 0.15) is 0 Å². The molecule has 0 saturated carbocycles. The monoisotopic (exact) mass is 228 g/mol. The number of carboxylic acids is 1. The zero-order chi connectivity index (χ0) is 12.5. The molecule has 3 atom stereocenters. The number of amides is 1. The van der Waals surface area contributed by atoms with Crippen molar-refractivity contribution in [1.82, 2.24) is 4.90 Å². The fraction of sp³-hybridized carbons (Fsp3) is 0.818.